The zero-order chi connectivity index (χ0) is 23.0. The Morgan fingerprint density at radius 1 is 1.23 bits per heavy atom. The predicted molar refractivity (Wildman–Crippen MR) is 117 cm³/mol. The zero-order valence-electron chi connectivity index (χ0n) is 16.3. The number of nitriles is 2. The SMILES string of the molecule is Cc1cc(NN=CCC(C#N)C(=O)OC(N)=O)cc(Cl)c1C(C#N)c1ccc(Cl)cc1. The summed E-state index contributed by atoms with van der Waals surface area (Å²) in [7, 11) is 0. The molecule has 2 aromatic rings. The average Bonchev–Trinajstić information content (AvgIpc) is 2.71. The van der Waals surface area contributed by atoms with Crippen LogP contribution in [0.5, 0.6) is 0 Å². The molecule has 2 atom stereocenters. The lowest BCUT2D eigenvalue weighted by Gasteiger charge is -2.16. The third-order valence-electron chi connectivity index (χ3n) is 4.23. The number of amides is 1. The van der Waals surface area contributed by atoms with Crippen molar-refractivity contribution >= 4 is 47.2 Å². The van der Waals surface area contributed by atoms with Gasteiger partial charge in [-0.05, 0) is 47.9 Å². The number of carbonyl (C=O) groups excluding carboxylic acids is 2. The maximum absolute atomic E-state index is 11.5. The van der Waals surface area contributed by atoms with Gasteiger partial charge in [-0.3, -0.25) is 10.2 Å². The summed E-state index contributed by atoms with van der Waals surface area (Å²) >= 11 is 12.4. The molecule has 0 aromatic heterocycles. The van der Waals surface area contributed by atoms with Gasteiger partial charge in [0.05, 0.1) is 23.7 Å². The molecule has 0 saturated heterocycles. The number of hydrogen-bond donors (Lipinski definition) is 2. The number of nitrogens with zero attached hydrogens (tertiary/aromatic N) is 3. The Balaban J connectivity index is 2.13. The number of primary amides is 1. The molecule has 0 bridgehead atoms. The minimum absolute atomic E-state index is 0.0898. The predicted octanol–water partition coefficient (Wildman–Crippen LogP) is 4.51. The van der Waals surface area contributed by atoms with Gasteiger partial charge in [-0.1, -0.05) is 35.3 Å². The number of aryl methyl sites for hydroxylation is 1. The Morgan fingerprint density at radius 3 is 2.45 bits per heavy atom. The van der Waals surface area contributed by atoms with Crippen LogP contribution in [0.1, 0.15) is 29.0 Å². The minimum atomic E-state index is -1.28. The highest BCUT2D eigenvalue weighted by atomic mass is 35.5. The van der Waals surface area contributed by atoms with Crippen molar-refractivity contribution in [3.63, 3.8) is 0 Å². The van der Waals surface area contributed by atoms with Crippen LogP contribution in [0.2, 0.25) is 10.0 Å². The third kappa shape index (κ3) is 6.45. The molecule has 2 aromatic carbocycles. The van der Waals surface area contributed by atoms with Crippen LogP contribution in [0.15, 0.2) is 41.5 Å². The number of benzene rings is 2. The monoisotopic (exact) mass is 457 g/mol. The molecule has 10 heteroatoms. The van der Waals surface area contributed by atoms with Crippen molar-refractivity contribution in [3.8, 4) is 12.1 Å². The summed E-state index contributed by atoms with van der Waals surface area (Å²) in [5.41, 5.74) is 10.3. The van der Waals surface area contributed by atoms with E-state index in [9.17, 15) is 14.9 Å². The summed E-state index contributed by atoms with van der Waals surface area (Å²) in [6, 6.07) is 14.3. The number of hydrazone groups is 1. The fourth-order valence-electron chi connectivity index (χ4n) is 2.80. The molecule has 0 aliphatic heterocycles. The van der Waals surface area contributed by atoms with Gasteiger partial charge in [0.1, 0.15) is 5.92 Å². The number of ether oxygens (including phenoxy) is 1. The zero-order valence-corrected chi connectivity index (χ0v) is 17.8. The van der Waals surface area contributed by atoms with Crippen molar-refractivity contribution in [2.75, 3.05) is 5.43 Å². The first-order chi connectivity index (χ1) is 14.8. The molecule has 2 unspecified atom stereocenters. The molecule has 8 nitrogen and oxygen atoms in total. The Labute approximate surface area is 188 Å². The molecule has 158 valence electrons. The summed E-state index contributed by atoms with van der Waals surface area (Å²) in [6.45, 7) is 1.82. The van der Waals surface area contributed by atoms with Crippen LogP contribution in [0.4, 0.5) is 10.5 Å². The summed E-state index contributed by atoms with van der Waals surface area (Å²) < 4.78 is 4.18. The standard InChI is InChI=1S/C21H17Cl2N5O3/c1-12-8-16(28-27-7-6-14(10-24)20(29)31-21(26)30)9-18(23)19(12)17(11-25)13-2-4-15(22)5-3-13/h2-5,7-9,14,17,28H,6H2,1H3,(H2,26,30). The third-order valence-corrected chi connectivity index (χ3v) is 4.79. The van der Waals surface area contributed by atoms with E-state index in [0.29, 0.717) is 21.3 Å². The van der Waals surface area contributed by atoms with Crippen molar-refractivity contribution in [1.82, 2.24) is 0 Å². The normalized spacial score (nSPS) is 12.4. The van der Waals surface area contributed by atoms with Crippen LogP contribution in [-0.2, 0) is 9.53 Å². The molecule has 0 spiro atoms. The van der Waals surface area contributed by atoms with E-state index in [0.717, 1.165) is 11.1 Å². The number of carbonyl (C=O) groups is 2. The maximum atomic E-state index is 11.5. The molecule has 1 amide bonds. The van der Waals surface area contributed by atoms with E-state index in [1.807, 2.05) is 6.92 Å². The largest absolute Gasteiger partial charge is 0.412 e. The number of hydrogen-bond acceptors (Lipinski definition) is 7. The van der Waals surface area contributed by atoms with Crippen LogP contribution in [0.25, 0.3) is 0 Å². The van der Waals surface area contributed by atoms with Gasteiger partial charge < -0.3 is 10.5 Å². The highest BCUT2D eigenvalue weighted by Gasteiger charge is 2.21. The summed E-state index contributed by atoms with van der Waals surface area (Å²) in [5.74, 6) is -2.84. The van der Waals surface area contributed by atoms with E-state index in [1.165, 1.54) is 6.21 Å². The summed E-state index contributed by atoms with van der Waals surface area (Å²) in [6.07, 6.45) is -0.0770. The quantitative estimate of drug-likeness (QED) is 0.271. The van der Waals surface area contributed by atoms with Gasteiger partial charge in [0, 0.05) is 22.7 Å². The first-order valence-electron chi connectivity index (χ1n) is 8.90. The van der Waals surface area contributed by atoms with Crippen molar-refractivity contribution in [2.24, 2.45) is 16.8 Å². The minimum Gasteiger partial charge on any atom is -0.375 e. The number of rotatable bonds is 7. The topological polar surface area (TPSA) is 141 Å². The van der Waals surface area contributed by atoms with Crippen LogP contribution >= 0.6 is 23.2 Å². The molecule has 0 aliphatic carbocycles. The first kappa shape index (κ1) is 23.7. The lowest BCUT2D eigenvalue weighted by Crippen LogP contribution is -2.24. The number of halogens is 2. The second-order valence-corrected chi connectivity index (χ2v) is 7.23. The molecule has 2 rings (SSSR count). The van der Waals surface area contributed by atoms with Gasteiger partial charge in [-0.2, -0.15) is 15.6 Å². The van der Waals surface area contributed by atoms with Crippen molar-refractivity contribution in [3.05, 3.63) is 63.1 Å². The van der Waals surface area contributed by atoms with Gasteiger partial charge >= 0.3 is 12.1 Å². The van der Waals surface area contributed by atoms with Crippen LogP contribution < -0.4 is 11.2 Å². The molecule has 0 aliphatic rings. The number of nitrogens with one attached hydrogen (secondary N) is 1. The van der Waals surface area contributed by atoms with Crippen molar-refractivity contribution in [2.45, 2.75) is 19.3 Å². The highest BCUT2D eigenvalue weighted by molar-refractivity contribution is 6.32. The summed E-state index contributed by atoms with van der Waals surface area (Å²) in [5, 5.41) is 23.6. The number of anilines is 1. The molecule has 31 heavy (non-hydrogen) atoms. The average molecular weight is 458 g/mol. The lowest BCUT2D eigenvalue weighted by molar-refractivity contribution is -0.139. The molecule has 0 fully saturated rings. The number of esters is 1. The Kier molecular flexibility index (Phi) is 8.39. The maximum Gasteiger partial charge on any atom is 0.412 e. The molecular weight excluding hydrogens is 441 g/mol. The smallest absolute Gasteiger partial charge is 0.375 e. The molecule has 0 heterocycles. The van der Waals surface area contributed by atoms with Crippen LogP contribution in [-0.4, -0.2) is 18.3 Å². The Bertz CT molecular complexity index is 1060. The van der Waals surface area contributed by atoms with Gasteiger partial charge in [0.25, 0.3) is 0 Å². The van der Waals surface area contributed by atoms with E-state index in [1.54, 1.807) is 42.5 Å². The molecular formula is C21H17Cl2N5O3. The van der Waals surface area contributed by atoms with E-state index in [4.69, 9.17) is 34.2 Å². The second-order valence-electron chi connectivity index (χ2n) is 6.38. The second kappa shape index (κ2) is 11.0. The van der Waals surface area contributed by atoms with Crippen molar-refractivity contribution < 1.29 is 14.3 Å². The van der Waals surface area contributed by atoms with Crippen LogP contribution in [0, 0.1) is 35.5 Å². The Hall–Kier alpha value is -3.59. The molecule has 0 saturated carbocycles. The van der Waals surface area contributed by atoms with Crippen molar-refractivity contribution in [1.29, 1.82) is 10.5 Å². The Morgan fingerprint density at radius 2 is 1.90 bits per heavy atom. The lowest BCUT2D eigenvalue weighted by atomic mass is 9.89. The van der Waals surface area contributed by atoms with Gasteiger partial charge in [-0.15, -0.1) is 0 Å². The number of nitrogens with two attached hydrogens (primary N) is 1. The highest BCUT2D eigenvalue weighted by Crippen LogP contribution is 2.35. The summed E-state index contributed by atoms with van der Waals surface area (Å²) in [4.78, 5) is 22.1. The molecule has 3 N–H and O–H groups in total. The molecule has 0 radical (unpaired) electrons. The van der Waals surface area contributed by atoms with Gasteiger partial charge in [0.2, 0.25) is 0 Å². The first-order valence-corrected chi connectivity index (χ1v) is 9.65. The van der Waals surface area contributed by atoms with E-state index in [-0.39, 0.29) is 6.42 Å². The fourth-order valence-corrected chi connectivity index (χ4v) is 3.30. The van der Waals surface area contributed by atoms with E-state index < -0.39 is 23.9 Å². The van der Waals surface area contributed by atoms with Gasteiger partial charge in [-0.25, -0.2) is 4.79 Å². The van der Waals surface area contributed by atoms with Gasteiger partial charge in [0.15, 0.2) is 0 Å². The fraction of sp³-hybridized carbons (Fsp3) is 0.190. The van der Waals surface area contributed by atoms with E-state index in [2.05, 4.69) is 21.3 Å². The van der Waals surface area contributed by atoms with Crippen LogP contribution in [0.3, 0.4) is 0 Å². The van der Waals surface area contributed by atoms with E-state index >= 15 is 0 Å².